The number of fused-ring (bicyclic) bond motifs is 1. The normalized spacial score (nSPS) is 12.5. The number of nitrogens with zero attached hydrogens (tertiary/aromatic N) is 5. The van der Waals surface area contributed by atoms with E-state index in [-0.39, 0.29) is 26.3 Å². The summed E-state index contributed by atoms with van der Waals surface area (Å²) in [7, 11) is -2.39. The van der Waals surface area contributed by atoms with Gasteiger partial charge in [0.2, 0.25) is 0 Å². The lowest BCUT2D eigenvalue weighted by Crippen LogP contribution is -2.30. The molecule has 3 aromatic carbocycles. The van der Waals surface area contributed by atoms with Crippen LogP contribution < -0.4 is 18.9 Å². The summed E-state index contributed by atoms with van der Waals surface area (Å²) in [6.45, 7) is 3.91. The molecule has 0 aliphatic carbocycles. The van der Waals surface area contributed by atoms with Crippen molar-refractivity contribution in [3.63, 3.8) is 0 Å². The van der Waals surface area contributed by atoms with Gasteiger partial charge in [-0.15, -0.1) is 0 Å². The third kappa shape index (κ3) is 9.16. The number of benzene rings is 3. The maximum atomic E-state index is 11.7. The summed E-state index contributed by atoms with van der Waals surface area (Å²) >= 11 is 6.84. The Labute approximate surface area is 301 Å². The van der Waals surface area contributed by atoms with E-state index in [1.807, 2.05) is 59.8 Å². The maximum absolute atomic E-state index is 11.7. The SMILES string of the molecule is Cc1c(COc2cc(OCc3cncc(C#N)c3)c(CN(CCS(=O)(=O)O)Cc3nccn3C)cc2Cl)cccc1-c1ccc2c(c1)OCCO2. The molecule has 5 aromatic rings. The van der Waals surface area contributed by atoms with E-state index in [4.69, 9.17) is 30.5 Å². The van der Waals surface area contributed by atoms with Crippen LogP contribution in [0.5, 0.6) is 23.0 Å². The van der Waals surface area contributed by atoms with Gasteiger partial charge in [-0.05, 0) is 53.4 Å². The first-order chi connectivity index (χ1) is 24.6. The Morgan fingerprint density at radius 3 is 2.57 bits per heavy atom. The first kappa shape index (κ1) is 35.7. The van der Waals surface area contributed by atoms with Crippen molar-refractivity contribution in [2.24, 2.45) is 7.05 Å². The molecular weight excluding hydrogens is 694 g/mol. The summed E-state index contributed by atoms with van der Waals surface area (Å²) in [5.74, 6) is 2.50. The predicted molar refractivity (Wildman–Crippen MR) is 190 cm³/mol. The zero-order valence-corrected chi connectivity index (χ0v) is 29.7. The molecule has 264 valence electrons. The van der Waals surface area contributed by atoms with Crippen molar-refractivity contribution >= 4 is 21.7 Å². The average Bonchev–Trinajstić information content (AvgIpc) is 3.53. The Kier molecular flexibility index (Phi) is 11.1. The summed E-state index contributed by atoms with van der Waals surface area (Å²) in [4.78, 5) is 10.3. The van der Waals surface area contributed by atoms with Crippen molar-refractivity contribution in [2.75, 3.05) is 25.5 Å². The molecule has 1 N–H and O–H groups in total. The number of aryl methyl sites for hydroxylation is 1. The number of imidazole rings is 1. The maximum Gasteiger partial charge on any atom is 0.266 e. The van der Waals surface area contributed by atoms with Gasteiger partial charge in [-0.2, -0.15) is 13.7 Å². The van der Waals surface area contributed by atoms with E-state index >= 15 is 0 Å². The van der Waals surface area contributed by atoms with Crippen molar-refractivity contribution in [1.82, 2.24) is 19.4 Å². The number of halogens is 1. The molecule has 0 spiro atoms. The monoisotopic (exact) mass is 729 g/mol. The summed E-state index contributed by atoms with van der Waals surface area (Å²) < 4.78 is 58.9. The third-order valence-electron chi connectivity index (χ3n) is 8.46. The fourth-order valence-corrected chi connectivity index (χ4v) is 6.43. The van der Waals surface area contributed by atoms with E-state index in [0.29, 0.717) is 64.5 Å². The van der Waals surface area contributed by atoms with Crippen LogP contribution in [0.3, 0.4) is 0 Å². The number of hydrogen-bond acceptors (Lipinski definition) is 10. The highest BCUT2D eigenvalue weighted by atomic mass is 35.5. The van der Waals surface area contributed by atoms with Crippen LogP contribution in [0.1, 0.15) is 33.6 Å². The van der Waals surface area contributed by atoms with Gasteiger partial charge in [-0.25, -0.2) is 4.98 Å². The lowest BCUT2D eigenvalue weighted by atomic mass is 9.96. The van der Waals surface area contributed by atoms with Crippen molar-refractivity contribution in [1.29, 1.82) is 5.26 Å². The Balaban J connectivity index is 1.27. The number of nitriles is 1. The number of rotatable bonds is 14. The number of aromatic nitrogens is 3. The van der Waals surface area contributed by atoms with Crippen LogP contribution >= 0.6 is 11.6 Å². The minimum atomic E-state index is -4.23. The van der Waals surface area contributed by atoms with E-state index in [1.165, 1.54) is 6.20 Å². The van der Waals surface area contributed by atoms with Crippen LogP contribution in [0.25, 0.3) is 11.1 Å². The number of hydrogen-bond donors (Lipinski definition) is 1. The molecule has 0 amide bonds. The quantitative estimate of drug-likeness (QED) is 0.132. The zero-order valence-electron chi connectivity index (χ0n) is 28.1. The van der Waals surface area contributed by atoms with Gasteiger partial charge in [0.1, 0.15) is 49.8 Å². The molecule has 0 saturated heterocycles. The predicted octanol–water partition coefficient (Wildman–Crippen LogP) is 6.13. The van der Waals surface area contributed by atoms with Crippen molar-refractivity contribution in [3.05, 3.63) is 118 Å². The Morgan fingerprint density at radius 2 is 1.80 bits per heavy atom. The van der Waals surface area contributed by atoms with Gasteiger partial charge in [-0.3, -0.25) is 14.4 Å². The molecule has 0 atom stereocenters. The lowest BCUT2D eigenvalue weighted by molar-refractivity contribution is 0.171. The summed E-state index contributed by atoms with van der Waals surface area (Å²) in [5, 5.41) is 9.68. The van der Waals surface area contributed by atoms with Crippen LogP contribution in [0.4, 0.5) is 0 Å². The summed E-state index contributed by atoms with van der Waals surface area (Å²) in [5.41, 5.74) is 5.75. The van der Waals surface area contributed by atoms with Crippen molar-refractivity contribution in [3.8, 4) is 40.2 Å². The van der Waals surface area contributed by atoms with E-state index in [1.54, 1.807) is 36.8 Å². The van der Waals surface area contributed by atoms with Crippen LogP contribution in [-0.4, -0.2) is 57.9 Å². The molecule has 0 fully saturated rings. The van der Waals surface area contributed by atoms with Crippen molar-refractivity contribution < 1.29 is 31.9 Å². The minimum absolute atomic E-state index is 0.0219. The molecule has 1 aliphatic heterocycles. The molecule has 6 rings (SSSR count). The lowest BCUT2D eigenvalue weighted by Gasteiger charge is -2.24. The molecule has 3 heterocycles. The van der Waals surface area contributed by atoms with Gasteiger partial charge in [0.15, 0.2) is 11.5 Å². The second-order valence-electron chi connectivity index (χ2n) is 12.1. The van der Waals surface area contributed by atoms with Crippen LogP contribution in [0.2, 0.25) is 5.02 Å². The van der Waals surface area contributed by atoms with E-state index < -0.39 is 15.9 Å². The molecule has 1 aliphatic rings. The van der Waals surface area contributed by atoms with Crippen molar-refractivity contribution in [2.45, 2.75) is 33.2 Å². The van der Waals surface area contributed by atoms with E-state index in [9.17, 15) is 18.2 Å². The fourth-order valence-electron chi connectivity index (χ4n) is 5.70. The molecule has 14 heteroatoms. The molecule has 51 heavy (non-hydrogen) atoms. The van der Waals surface area contributed by atoms with Crippen LogP contribution in [0, 0.1) is 18.3 Å². The molecule has 12 nitrogen and oxygen atoms in total. The second-order valence-corrected chi connectivity index (χ2v) is 14.0. The van der Waals surface area contributed by atoms with Crippen LogP contribution in [0.15, 0.2) is 79.4 Å². The number of pyridine rings is 1. The minimum Gasteiger partial charge on any atom is -0.488 e. The first-order valence-electron chi connectivity index (χ1n) is 16.1. The summed E-state index contributed by atoms with van der Waals surface area (Å²) in [6, 6.07) is 19.1. The van der Waals surface area contributed by atoms with Gasteiger partial charge < -0.3 is 23.5 Å². The van der Waals surface area contributed by atoms with E-state index in [0.717, 1.165) is 28.0 Å². The van der Waals surface area contributed by atoms with E-state index in [2.05, 4.69) is 16.0 Å². The Morgan fingerprint density at radius 1 is 1.00 bits per heavy atom. The fraction of sp³-hybridized carbons (Fsp3) is 0.270. The largest absolute Gasteiger partial charge is 0.488 e. The molecule has 0 unspecified atom stereocenters. The van der Waals surface area contributed by atoms with Gasteiger partial charge in [0, 0.05) is 62.1 Å². The van der Waals surface area contributed by atoms with Gasteiger partial charge in [-0.1, -0.05) is 35.9 Å². The highest BCUT2D eigenvalue weighted by Gasteiger charge is 2.20. The topological polar surface area (TPSA) is 149 Å². The molecule has 2 aromatic heterocycles. The second kappa shape index (κ2) is 15.8. The van der Waals surface area contributed by atoms with Gasteiger partial charge in [0.05, 0.1) is 22.9 Å². The highest BCUT2D eigenvalue weighted by molar-refractivity contribution is 7.85. The molecule has 0 radical (unpaired) electrons. The Hall–Kier alpha value is -5.13. The standard InChI is InChI=1S/C37H36ClN5O7S/c1-25-29(4-3-5-31(25)28-6-7-33-36(16-28)48-12-11-47-33)24-50-35-17-34(49-23-27-14-26(18-39)19-40-20-27)30(15-32(35)38)21-43(10-13-51(44,45)46)22-37-41-8-9-42(37)2/h3-9,14-17,19-20H,10-13,21-24H2,1-2H3,(H,44,45,46). The van der Waals surface area contributed by atoms with Gasteiger partial charge in [0.25, 0.3) is 10.1 Å². The van der Waals surface area contributed by atoms with Gasteiger partial charge >= 0.3 is 0 Å². The number of ether oxygens (including phenoxy) is 4. The molecule has 0 saturated carbocycles. The third-order valence-corrected chi connectivity index (χ3v) is 9.45. The Bertz CT molecular complexity index is 2180. The zero-order chi connectivity index (χ0) is 36.0. The highest BCUT2D eigenvalue weighted by Crippen LogP contribution is 2.38. The first-order valence-corrected chi connectivity index (χ1v) is 18.1. The molecule has 0 bridgehead atoms. The van der Waals surface area contributed by atoms with Crippen LogP contribution in [-0.2, 0) is 43.5 Å². The molecular formula is C37H36ClN5O7S. The summed E-state index contributed by atoms with van der Waals surface area (Å²) in [6.07, 6.45) is 6.54. The average molecular weight is 730 g/mol. The smallest absolute Gasteiger partial charge is 0.266 e.